The lowest BCUT2D eigenvalue weighted by Gasteiger charge is -1.96. The molecule has 82 valence electrons. The summed E-state index contributed by atoms with van der Waals surface area (Å²) in [7, 11) is 0. The highest BCUT2D eigenvalue weighted by Crippen LogP contribution is 2.27. The van der Waals surface area contributed by atoms with Gasteiger partial charge in [0.25, 0.3) is 0 Å². The van der Waals surface area contributed by atoms with Crippen LogP contribution in [0, 0.1) is 6.92 Å². The summed E-state index contributed by atoms with van der Waals surface area (Å²) < 4.78 is 4.90. The number of benzene rings is 1. The lowest BCUT2D eigenvalue weighted by atomic mass is 10.2. The Labute approximate surface area is 97.7 Å². The van der Waals surface area contributed by atoms with E-state index in [9.17, 15) is 4.79 Å². The van der Waals surface area contributed by atoms with E-state index >= 15 is 0 Å². The predicted molar refractivity (Wildman–Crippen MR) is 63.6 cm³/mol. The molecule has 1 aromatic heterocycles. The van der Waals surface area contributed by atoms with Crippen molar-refractivity contribution in [2.45, 2.75) is 13.8 Å². The summed E-state index contributed by atoms with van der Waals surface area (Å²) in [6.07, 6.45) is 0. The maximum absolute atomic E-state index is 10.7. The molecule has 0 amide bonds. The normalized spacial score (nSPS) is 10.1. The zero-order chi connectivity index (χ0) is 11.5. The molecule has 0 aliphatic heterocycles. The summed E-state index contributed by atoms with van der Waals surface area (Å²) in [5.41, 5.74) is 2.24. The summed E-state index contributed by atoms with van der Waals surface area (Å²) >= 11 is 1.46. The molecule has 2 rings (SSSR count). The molecule has 0 bridgehead atoms. The molecule has 0 saturated carbocycles. The number of hydrogen-bond acceptors (Lipinski definition) is 4. The largest absolute Gasteiger partial charge is 0.407 e. The highest BCUT2D eigenvalue weighted by molar-refractivity contribution is 7.13. The van der Waals surface area contributed by atoms with Crippen molar-refractivity contribution in [3.63, 3.8) is 0 Å². The number of aryl methyl sites for hydroxylation is 1. The molecule has 0 atom stereocenters. The summed E-state index contributed by atoms with van der Waals surface area (Å²) in [5, 5.41) is 2.59. The van der Waals surface area contributed by atoms with Crippen LogP contribution in [0.3, 0.4) is 0 Å². The number of ether oxygens (including phenoxy) is 1. The van der Waals surface area contributed by atoms with E-state index in [0.29, 0.717) is 5.88 Å². The molecular formula is C12H11NO2S. The van der Waals surface area contributed by atoms with Crippen LogP contribution in [0.1, 0.15) is 12.5 Å². The van der Waals surface area contributed by atoms with Gasteiger partial charge in [0.2, 0.25) is 5.88 Å². The van der Waals surface area contributed by atoms with E-state index in [4.69, 9.17) is 4.74 Å². The van der Waals surface area contributed by atoms with Crippen molar-refractivity contribution in [2.75, 3.05) is 0 Å². The van der Waals surface area contributed by atoms with E-state index in [1.165, 1.54) is 23.8 Å². The number of rotatable bonds is 2. The van der Waals surface area contributed by atoms with Crippen LogP contribution in [0.5, 0.6) is 5.88 Å². The van der Waals surface area contributed by atoms with Crippen molar-refractivity contribution in [3.8, 4) is 16.5 Å². The van der Waals surface area contributed by atoms with E-state index in [-0.39, 0.29) is 5.97 Å². The zero-order valence-corrected chi connectivity index (χ0v) is 9.88. The van der Waals surface area contributed by atoms with E-state index in [2.05, 4.69) is 4.98 Å². The molecule has 0 aliphatic rings. The predicted octanol–water partition coefficient (Wildman–Crippen LogP) is 3.04. The minimum Gasteiger partial charge on any atom is -0.407 e. The van der Waals surface area contributed by atoms with Gasteiger partial charge in [-0.15, -0.1) is 11.3 Å². The highest BCUT2D eigenvalue weighted by Gasteiger charge is 2.06. The quantitative estimate of drug-likeness (QED) is 0.748. The maximum atomic E-state index is 10.7. The molecule has 0 radical (unpaired) electrons. The minimum absolute atomic E-state index is 0.347. The number of esters is 1. The Kier molecular flexibility index (Phi) is 3.01. The van der Waals surface area contributed by atoms with E-state index in [0.717, 1.165) is 10.6 Å². The van der Waals surface area contributed by atoms with Crippen LogP contribution in [0.15, 0.2) is 29.6 Å². The summed E-state index contributed by atoms with van der Waals surface area (Å²) in [6, 6.07) is 8.07. The second-order valence-corrected chi connectivity index (χ2v) is 4.31. The average Bonchev–Trinajstić information content (AvgIpc) is 2.66. The fourth-order valence-electron chi connectivity index (χ4n) is 1.28. The minimum atomic E-state index is -0.347. The number of carbonyl (C=O) groups is 1. The Hall–Kier alpha value is -1.68. The molecule has 0 N–H and O–H groups in total. The lowest BCUT2D eigenvalue weighted by Crippen LogP contribution is -2.01. The molecular weight excluding hydrogens is 222 g/mol. The fourth-order valence-corrected chi connectivity index (χ4v) is 2.01. The van der Waals surface area contributed by atoms with Crippen molar-refractivity contribution >= 4 is 17.3 Å². The van der Waals surface area contributed by atoms with Crippen LogP contribution in [0.2, 0.25) is 0 Å². The lowest BCUT2D eigenvalue weighted by molar-refractivity contribution is -0.132. The first kappa shape index (κ1) is 10.8. The molecule has 1 aromatic carbocycles. The highest BCUT2D eigenvalue weighted by atomic mass is 32.1. The van der Waals surface area contributed by atoms with Gasteiger partial charge >= 0.3 is 5.97 Å². The van der Waals surface area contributed by atoms with Crippen molar-refractivity contribution in [1.29, 1.82) is 0 Å². The van der Waals surface area contributed by atoms with Crippen molar-refractivity contribution < 1.29 is 9.53 Å². The van der Waals surface area contributed by atoms with Gasteiger partial charge < -0.3 is 4.74 Å². The van der Waals surface area contributed by atoms with Gasteiger partial charge in [-0.25, -0.2) is 4.98 Å². The molecule has 2 aromatic rings. The third kappa shape index (κ3) is 2.46. The van der Waals surface area contributed by atoms with Crippen LogP contribution < -0.4 is 4.74 Å². The first-order valence-electron chi connectivity index (χ1n) is 4.86. The van der Waals surface area contributed by atoms with Gasteiger partial charge in [0.05, 0.1) is 5.38 Å². The topological polar surface area (TPSA) is 39.2 Å². The van der Waals surface area contributed by atoms with Gasteiger partial charge in [-0.05, 0) is 6.92 Å². The summed E-state index contributed by atoms with van der Waals surface area (Å²) in [5.74, 6) is 0.0221. The maximum Gasteiger partial charge on any atom is 0.309 e. The Balaban J connectivity index is 2.24. The van der Waals surface area contributed by atoms with Gasteiger partial charge in [-0.2, -0.15) is 0 Å². The molecule has 1 heterocycles. The van der Waals surface area contributed by atoms with Crippen molar-refractivity contribution in [2.24, 2.45) is 0 Å². The number of nitrogens with zero attached hydrogens (tertiary/aromatic N) is 1. The third-order valence-electron chi connectivity index (χ3n) is 2.03. The van der Waals surface area contributed by atoms with Gasteiger partial charge in [0.15, 0.2) is 0 Å². The Morgan fingerprint density at radius 2 is 2.00 bits per heavy atom. The second kappa shape index (κ2) is 4.45. The Morgan fingerprint density at radius 3 is 2.62 bits per heavy atom. The first-order chi connectivity index (χ1) is 7.65. The fraction of sp³-hybridized carbons (Fsp3) is 0.167. The smallest absolute Gasteiger partial charge is 0.309 e. The molecule has 0 fully saturated rings. The van der Waals surface area contributed by atoms with Gasteiger partial charge in [-0.3, -0.25) is 4.79 Å². The Morgan fingerprint density at radius 1 is 1.31 bits per heavy atom. The van der Waals surface area contributed by atoms with Crippen LogP contribution in [-0.2, 0) is 4.79 Å². The molecule has 0 unspecified atom stereocenters. The monoisotopic (exact) mass is 233 g/mol. The summed E-state index contributed by atoms with van der Waals surface area (Å²) in [6.45, 7) is 3.40. The standard InChI is InChI=1S/C12H11NO2S/c1-8-3-5-10(6-4-8)12-13-11(7-16-12)15-9(2)14/h3-7H,1-2H3. The van der Waals surface area contributed by atoms with Gasteiger partial charge in [-0.1, -0.05) is 29.8 Å². The van der Waals surface area contributed by atoms with Crippen LogP contribution in [0.4, 0.5) is 0 Å². The molecule has 0 spiro atoms. The van der Waals surface area contributed by atoms with Gasteiger partial charge in [0.1, 0.15) is 5.01 Å². The van der Waals surface area contributed by atoms with Crippen LogP contribution in [0.25, 0.3) is 10.6 Å². The SMILES string of the molecule is CC(=O)Oc1csc(-c2ccc(C)cc2)n1. The van der Waals surface area contributed by atoms with Gasteiger partial charge in [0, 0.05) is 12.5 Å². The average molecular weight is 233 g/mol. The van der Waals surface area contributed by atoms with E-state index in [1.54, 1.807) is 5.38 Å². The first-order valence-corrected chi connectivity index (χ1v) is 5.74. The number of aromatic nitrogens is 1. The van der Waals surface area contributed by atoms with Crippen molar-refractivity contribution in [1.82, 2.24) is 4.98 Å². The number of carbonyl (C=O) groups excluding carboxylic acids is 1. The zero-order valence-electron chi connectivity index (χ0n) is 9.06. The molecule has 0 saturated heterocycles. The molecule has 0 aliphatic carbocycles. The van der Waals surface area contributed by atoms with Crippen LogP contribution in [-0.4, -0.2) is 11.0 Å². The Bertz CT molecular complexity index is 502. The van der Waals surface area contributed by atoms with Crippen LogP contribution >= 0.6 is 11.3 Å². The molecule has 16 heavy (non-hydrogen) atoms. The van der Waals surface area contributed by atoms with E-state index < -0.39 is 0 Å². The summed E-state index contributed by atoms with van der Waals surface area (Å²) in [4.78, 5) is 15.0. The molecule has 3 nitrogen and oxygen atoms in total. The third-order valence-corrected chi connectivity index (χ3v) is 2.90. The second-order valence-electron chi connectivity index (χ2n) is 3.45. The van der Waals surface area contributed by atoms with Crippen molar-refractivity contribution in [3.05, 3.63) is 35.2 Å². The number of thiazole rings is 1. The van der Waals surface area contributed by atoms with E-state index in [1.807, 2.05) is 31.2 Å². The number of hydrogen-bond donors (Lipinski definition) is 0. The molecule has 4 heteroatoms.